The standard InChI is InChI=1S/C16H34N/c1-9-11-13(3)15(5,6)17-16(7,8)14(4)12-10-2/h13-14H,9-12H2,1-8H3. The Bertz CT molecular complexity index is 184. The fraction of sp³-hybridized carbons (Fsp3) is 1.00. The van der Waals surface area contributed by atoms with Crippen LogP contribution in [0.4, 0.5) is 0 Å². The lowest BCUT2D eigenvalue weighted by Gasteiger charge is -2.42. The summed E-state index contributed by atoms with van der Waals surface area (Å²) in [4.78, 5) is 0. The summed E-state index contributed by atoms with van der Waals surface area (Å²) in [6, 6.07) is 0. The van der Waals surface area contributed by atoms with Gasteiger partial charge in [0.15, 0.2) is 0 Å². The van der Waals surface area contributed by atoms with E-state index in [0.717, 1.165) is 0 Å². The van der Waals surface area contributed by atoms with Crippen LogP contribution in [0.15, 0.2) is 0 Å². The molecule has 0 aromatic heterocycles. The van der Waals surface area contributed by atoms with Crippen molar-refractivity contribution >= 4 is 0 Å². The molecule has 0 N–H and O–H groups in total. The summed E-state index contributed by atoms with van der Waals surface area (Å²) in [6.45, 7) is 18.4. The normalized spacial score (nSPS) is 16.9. The second kappa shape index (κ2) is 6.78. The van der Waals surface area contributed by atoms with Gasteiger partial charge in [0.25, 0.3) is 0 Å². The minimum atomic E-state index is 0.0987. The van der Waals surface area contributed by atoms with Crippen LogP contribution in [0, 0.1) is 11.8 Å². The molecule has 0 saturated heterocycles. The maximum atomic E-state index is 5.18. The summed E-state index contributed by atoms with van der Waals surface area (Å²) in [5.41, 5.74) is 0.197. The first-order valence-corrected chi connectivity index (χ1v) is 7.41. The van der Waals surface area contributed by atoms with Crippen molar-refractivity contribution in [1.29, 1.82) is 0 Å². The predicted molar refractivity (Wildman–Crippen MR) is 78.4 cm³/mol. The van der Waals surface area contributed by atoms with E-state index < -0.39 is 0 Å². The molecule has 0 bridgehead atoms. The smallest absolute Gasteiger partial charge is 0.0332 e. The highest BCUT2D eigenvalue weighted by atomic mass is 15.0. The molecule has 0 aromatic rings. The van der Waals surface area contributed by atoms with Crippen LogP contribution in [0.5, 0.6) is 0 Å². The average molecular weight is 240 g/mol. The van der Waals surface area contributed by atoms with Gasteiger partial charge in [-0.15, -0.1) is 0 Å². The lowest BCUT2D eigenvalue weighted by Crippen LogP contribution is -2.52. The molecule has 2 unspecified atom stereocenters. The lowest BCUT2D eigenvalue weighted by atomic mass is 9.79. The van der Waals surface area contributed by atoms with Crippen LogP contribution in [0.1, 0.15) is 81.1 Å². The quantitative estimate of drug-likeness (QED) is 0.565. The molecule has 0 aliphatic carbocycles. The van der Waals surface area contributed by atoms with Crippen molar-refractivity contribution in [2.75, 3.05) is 0 Å². The Morgan fingerprint density at radius 3 is 1.29 bits per heavy atom. The molecule has 103 valence electrons. The van der Waals surface area contributed by atoms with Gasteiger partial charge in [0.1, 0.15) is 0 Å². The molecule has 0 rings (SSSR count). The fourth-order valence-electron chi connectivity index (χ4n) is 2.54. The summed E-state index contributed by atoms with van der Waals surface area (Å²) in [6.07, 6.45) is 5.06. The minimum absolute atomic E-state index is 0.0987. The molecule has 0 saturated carbocycles. The van der Waals surface area contributed by atoms with E-state index in [1.807, 2.05) is 0 Å². The highest BCUT2D eigenvalue weighted by Gasteiger charge is 2.36. The minimum Gasteiger partial charge on any atom is -0.229 e. The van der Waals surface area contributed by atoms with Gasteiger partial charge in [-0.25, -0.2) is 5.32 Å². The SMILES string of the molecule is CCCC(C)C(C)(C)[N]C(C)(C)C(C)CCC. The van der Waals surface area contributed by atoms with Crippen molar-refractivity contribution in [3.63, 3.8) is 0 Å². The molecule has 0 aliphatic heterocycles. The second-order valence-corrected chi connectivity index (χ2v) is 6.80. The highest BCUT2D eigenvalue weighted by Crippen LogP contribution is 2.30. The fourth-order valence-corrected chi connectivity index (χ4v) is 2.54. The van der Waals surface area contributed by atoms with Crippen molar-refractivity contribution in [2.45, 2.75) is 92.2 Å². The van der Waals surface area contributed by atoms with Crippen LogP contribution in [-0.4, -0.2) is 11.1 Å². The molecular formula is C16H34N. The van der Waals surface area contributed by atoms with Crippen LogP contribution in [0.25, 0.3) is 0 Å². The third-order valence-corrected chi connectivity index (χ3v) is 4.43. The number of rotatable bonds is 8. The van der Waals surface area contributed by atoms with Crippen LogP contribution >= 0.6 is 0 Å². The first kappa shape index (κ1) is 17.0. The topological polar surface area (TPSA) is 14.1 Å². The van der Waals surface area contributed by atoms with E-state index in [4.69, 9.17) is 5.32 Å². The second-order valence-electron chi connectivity index (χ2n) is 6.80. The number of hydrogen-bond donors (Lipinski definition) is 0. The third-order valence-electron chi connectivity index (χ3n) is 4.43. The van der Waals surface area contributed by atoms with Crippen LogP contribution in [0.2, 0.25) is 0 Å². The van der Waals surface area contributed by atoms with E-state index >= 15 is 0 Å². The van der Waals surface area contributed by atoms with Gasteiger partial charge in [-0.1, -0.05) is 40.5 Å². The molecule has 0 aromatic carbocycles. The molecule has 1 nitrogen and oxygen atoms in total. The first-order chi connectivity index (χ1) is 7.67. The molecular weight excluding hydrogens is 206 g/mol. The average Bonchev–Trinajstić information content (AvgIpc) is 2.16. The highest BCUT2D eigenvalue weighted by molar-refractivity contribution is 4.93. The Hall–Kier alpha value is -0.0400. The van der Waals surface area contributed by atoms with Gasteiger partial charge >= 0.3 is 0 Å². The van der Waals surface area contributed by atoms with E-state index in [9.17, 15) is 0 Å². The molecule has 0 aliphatic rings. The van der Waals surface area contributed by atoms with Gasteiger partial charge in [0, 0.05) is 11.1 Å². The zero-order valence-corrected chi connectivity index (χ0v) is 13.4. The molecule has 17 heavy (non-hydrogen) atoms. The predicted octanol–water partition coefficient (Wildman–Crippen LogP) is 5.02. The molecule has 0 spiro atoms. The summed E-state index contributed by atoms with van der Waals surface area (Å²) in [7, 11) is 0. The zero-order valence-electron chi connectivity index (χ0n) is 13.4. The molecule has 0 fully saturated rings. The summed E-state index contributed by atoms with van der Waals surface area (Å²) >= 11 is 0. The van der Waals surface area contributed by atoms with Crippen molar-refractivity contribution in [3.8, 4) is 0 Å². The Morgan fingerprint density at radius 1 is 0.765 bits per heavy atom. The number of nitrogens with zero attached hydrogens (tertiary/aromatic N) is 1. The maximum absolute atomic E-state index is 5.18. The third kappa shape index (κ3) is 5.42. The molecule has 1 radical (unpaired) electrons. The van der Waals surface area contributed by atoms with E-state index in [1.54, 1.807) is 0 Å². The zero-order chi connectivity index (χ0) is 13.7. The Balaban J connectivity index is 4.56. The van der Waals surface area contributed by atoms with E-state index in [0.29, 0.717) is 11.8 Å². The van der Waals surface area contributed by atoms with Gasteiger partial charge in [-0.2, -0.15) is 0 Å². The van der Waals surface area contributed by atoms with Gasteiger partial charge < -0.3 is 0 Å². The summed E-state index contributed by atoms with van der Waals surface area (Å²) in [5, 5.41) is 5.18. The Kier molecular flexibility index (Phi) is 6.76. The van der Waals surface area contributed by atoms with E-state index in [2.05, 4.69) is 55.4 Å². The maximum Gasteiger partial charge on any atom is 0.0332 e. The summed E-state index contributed by atoms with van der Waals surface area (Å²) in [5.74, 6) is 1.33. The Morgan fingerprint density at radius 2 is 1.06 bits per heavy atom. The molecule has 0 amide bonds. The first-order valence-electron chi connectivity index (χ1n) is 7.41. The molecule has 2 atom stereocenters. The van der Waals surface area contributed by atoms with Crippen molar-refractivity contribution in [2.24, 2.45) is 11.8 Å². The van der Waals surface area contributed by atoms with E-state index in [-0.39, 0.29) is 11.1 Å². The monoisotopic (exact) mass is 240 g/mol. The molecule has 1 heteroatoms. The Labute approximate surface area is 110 Å². The largest absolute Gasteiger partial charge is 0.229 e. The van der Waals surface area contributed by atoms with Gasteiger partial charge in [0.05, 0.1) is 0 Å². The van der Waals surface area contributed by atoms with Crippen molar-refractivity contribution < 1.29 is 0 Å². The molecule has 0 heterocycles. The lowest BCUT2D eigenvalue weighted by molar-refractivity contribution is 0.137. The van der Waals surface area contributed by atoms with Crippen LogP contribution in [-0.2, 0) is 0 Å². The van der Waals surface area contributed by atoms with E-state index in [1.165, 1.54) is 25.7 Å². The van der Waals surface area contributed by atoms with Gasteiger partial charge in [-0.05, 0) is 52.4 Å². The van der Waals surface area contributed by atoms with Crippen molar-refractivity contribution in [3.05, 3.63) is 0 Å². The van der Waals surface area contributed by atoms with Crippen LogP contribution in [0.3, 0.4) is 0 Å². The van der Waals surface area contributed by atoms with Crippen LogP contribution < -0.4 is 5.32 Å². The van der Waals surface area contributed by atoms with Crippen molar-refractivity contribution in [1.82, 2.24) is 5.32 Å². The van der Waals surface area contributed by atoms with Gasteiger partial charge in [0.2, 0.25) is 0 Å². The summed E-state index contributed by atoms with van der Waals surface area (Å²) < 4.78 is 0. The number of hydrogen-bond acceptors (Lipinski definition) is 0. The van der Waals surface area contributed by atoms with Gasteiger partial charge in [-0.3, -0.25) is 0 Å².